The summed E-state index contributed by atoms with van der Waals surface area (Å²) in [6.07, 6.45) is 15.2. The molecule has 1 aliphatic rings. The molecular formula is C21H40O5. The molecule has 0 aromatic rings. The summed E-state index contributed by atoms with van der Waals surface area (Å²) in [5.41, 5.74) is 0. The highest BCUT2D eigenvalue weighted by Gasteiger charge is 2.40. The number of hydrogen-bond acceptors (Lipinski definition) is 5. The Balaban J connectivity index is 1.90. The van der Waals surface area contributed by atoms with Crippen molar-refractivity contribution in [2.45, 2.75) is 102 Å². The molecule has 1 fully saturated rings. The lowest BCUT2D eigenvalue weighted by Crippen LogP contribution is -2.41. The Morgan fingerprint density at radius 3 is 2.27 bits per heavy atom. The van der Waals surface area contributed by atoms with Gasteiger partial charge in [-0.3, -0.25) is 0 Å². The quantitative estimate of drug-likeness (QED) is 0.286. The maximum Gasteiger partial charge on any atom is 0.114 e. The van der Waals surface area contributed by atoms with Crippen molar-refractivity contribution in [1.82, 2.24) is 0 Å². The monoisotopic (exact) mass is 372 g/mol. The molecule has 0 unspecified atom stereocenters. The lowest BCUT2D eigenvalue weighted by Gasteiger charge is -2.20. The van der Waals surface area contributed by atoms with Crippen LogP contribution in [0.5, 0.6) is 0 Å². The van der Waals surface area contributed by atoms with Crippen molar-refractivity contribution in [1.29, 1.82) is 0 Å². The molecule has 5 heteroatoms. The predicted molar refractivity (Wildman–Crippen MR) is 104 cm³/mol. The molecule has 0 spiro atoms. The van der Waals surface area contributed by atoms with Crippen LogP contribution in [0.3, 0.4) is 0 Å². The summed E-state index contributed by atoms with van der Waals surface area (Å²) < 4.78 is 11.0. The van der Waals surface area contributed by atoms with Gasteiger partial charge in [-0.15, -0.1) is 0 Å². The second kappa shape index (κ2) is 15.6. The van der Waals surface area contributed by atoms with Crippen molar-refractivity contribution in [3.63, 3.8) is 0 Å². The summed E-state index contributed by atoms with van der Waals surface area (Å²) in [6.45, 7) is 2.70. The van der Waals surface area contributed by atoms with E-state index in [2.05, 4.69) is 19.1 Å². The second-order valence-electron chi connectivity index (χ2n) is 7.32. The van der Waals surface area contributed by atoms with Crippen LogP contribution in [0.1, 0.15) is 77.6 Å². The summed E-state index contributed by atoms with van der Waals surface area (Å²) in [7, 11) is 0. The summed E-state index contributed by atoms with van der Waals surface area (Å²) >= 11 is 0. The number of hydrogen-bond donors (Lipinski definition) is 3. The molecule has 3 N–H and O–H groups in total. The standard InChI is InChI=1S/C21H40O5/c1-2-3-4-5-6-7-8-9-10-11-12-13-14-15-25-19-17-26-21(20(19)24)18(23)16-22/h9-10,18-24H,2-8,11-17H2,1H3/b10-9+/t18-,19+,20+,21+/m0/s1. The van der Waals surface area contributed by atoms with Gasteiger partial charge in [-0.05, 0) is 32.1 Å². The fourth-order valence-corrected chi connectivity index (χ4v) is 3.26. The number of unbranched alkanes of at least 4 members (excludes halogenated alkanes) is 9. The molecule has 0 bridgehead atoms. The SMILES string of the molecule is CCCCCCCC/C=C/CCCCCO[C@@H]1CO[C@H]([C@@H](O)CO)[C@@H]1O. The van der Waals surface area contributed by atoms with Crippen molar-refractivity contribution in [3.8, 4) is 0 Å². The molecule has 5 nitrogen and oxygen atoms in total. The van der Waals surface area contributed by atoms with Crippen molar-refractivity contribution >= 4 is 0 Å². The molecule has 26 heavy (non-hydrogen) atoms. The third kappa shape index (κ3) is 10.0. The Labute approximate surface area is 159 Å². The van der Waals surface area contributed by atoms with Crippen LogP contribution in [0.2, 0.25) is 0 Å². The van der Waals surface area contributed by atoms with E-state index in [4.69, 9.17) is 14.6 Å². The minimum Gasteiger partial charge on any atom is -0.394 e. The van der Waals surface area contributed by atoms with Crippen molar-refractivity contribution in [3.05, 3.63) is 12.2 Å². The van der Waals surface area contributed by atoms with Gasteiger partial charge in [0.15, 0.2) is 0 Å². The average molecular weight is 373 g/mol. The zero-order valence-electron chi connectivity index (χ0n) is 16.5. The molecule has 1 saturated heterocycles. The third-order valence-corrected chi connectivity index (χ3v) is 4.97. The van der Waals surface area contributed by atoms with Crippen molar-refractivity contribution in [2.24, 2.45) is 0 Å². The first kappa shape index (κ1) is 23.6. The van der Waals surface area contributed by atoms with Gasteiger partial charge in [-0.2, -0.15) is 0 Å². The van der Waals surface area contributed by atoms with Crippen LogP contribution < -0.4 is 0 Å². The molecule has 4 atom stereocenters. The molecule has 154 valence electrons. The molecular weight excluding hydrogens is 332 g/mol. The normalized spacial score (nSPS) is 24.5. The van der Waals surface area contributed by atoms with E-state index in [-0.39, 0.29) is 6.61 Å². The number of rotatable bonds is 16. The van der Waals surface area contributed by atoms with Gasteiger partial charge in [0, 0.05) is 6.61 Å². The van der Waals surface area contributed by atoms with Crippen LogP contribution in [0.15, 0.2) is 12.2 Å². The topological polar surface area (TPSA) is 79.2 Å². The highest BCUT2D eigenvalue weighted by Crippen LogP contribution is 2.20. The van der Waals surface area contributed by atoms with Gasteiger partial charge in [0.1, 0.15) is 24.4 Å². The highest BCUT2D eigenvalue weighted by molar-refractivity contribution is 4.88. The fourth-order valence-electron chi connectivity index (χ4n) is 3.26. The van der Waals surface area contributed by atoms with Gasteiger partial charge in [0.25, 0.3) is 0 Å². The first-order valence-electron chi connectivity index (χ1n) is 10.6. The van der Waals surface area contributed by atoms with E-state index in [1.54, 1.807) is 0 Å². The smallest absolute Gasteiger partial charge is 0.114 e. The summed E-state index contributed by atoms with van der Waals surface area (Å²) in [6, 6.07) is 0. The van der Waals surface area contributed by atoms with Crippen molar-refractivity contribution in [2.75, 3.05) is 19.8 Å². The molecule has 0 aliphatic carbocycles. The Kier molecular flexibility index (Phi) is 14.1. The molecule has 1 heterocycles. The number of aliphatic hydroxyl groups is 3. The molecule has 0 radical (unpaired) electrons. The van der Waals surface area contributed by atoms with Gasteiger partial charge in [-0.25, -0.2) is 0 Å². The lowest BCUT2D eigenvalue weighted by molar-refractivity contribution is -0.0730. The Bertz CT molecular complexity index is 347. The summed E-state index contributed by atoms with van der Waals surface area (Å²) in [5.74, 6) is 0. The van der Waals surface area contributed by atoms with E-state index < -0.39 is 31.0 Å². The van der Waals surface area contributed by atoms with Gasteiger partial charge in [0.2, 0.25) is 0 Å². The van der Waals surface area contributed by atoms with Crippen LogP contribution >= 0.6 is 0 Å². The number of ether oxygens (including phenoxy) is 2. The van der Waals surface area contributed by atoms with Gasteiger partial charge < -0.3 is 24.8 Å². The largest absolute Gasteiger partial charge is 0.394 e. The molecule has 1 rings (SSSR count). The lowest BCUT2D eigenvalue weighted by atomic mass is 10.1. The zero-order valence-corrected chi connectivity index (χ0v) is 16.5. The maximum absolute atomic E-state index is 10.0. The van der Waals surface area contributed by atoms with Crippen LogP contribution in [0.4, 0.5) is 0 Å². The minimum absolute atomic E-state index is 0.268. The Morgan fingerprint density at radius 1 is 1.00 bits per heavy atom. The average Bonchev–Trinajstić information content (AvgIpc) is 3.02. The van der Waals surface area contributed by atoms with Crippen LogP contribution in [0.25, 0.3) is 0 Å². The first-order chi connectivity index (χ1) is 12.7. The van der Waals surface area contributed by atoms with E-state index in [0.717, 1.165) is 25.7 Å². The fraction of sp³-hybridized carbons (Fsp3) is 0.905. The van der Waals surface area contributed by atoms with E-state index in [1.165, 1.54) is 44.9 Å². The molecule has 0 aromatic carbocycles. The number of allylic oxidation sites excluding steroid dienone is 2. The van der Waals surface area contributed by atoms with E-state index >= 15 is 0 Å². The van der Waals surface area contributed by atoms with E-state index in [9.17, 15) is 10.2 Å². The second-order valence-corrected chi connectivity index (χ2v) is 7.32. The Hall–Kier alpha value is -0.460. The molecule has 1 aliphatic heterocycles. The van der Waals surface area contributed by atoms with Gasteiger partial charge >= 0.3 is 0 Å². The third-order valence-electron chi connectivity index (χ3n) is 4.97. The predicted octanol–water partition coefficient (Wildman–Crippen LogP) is 3.35. The van der Waals surface area contributed by atoms with E-state index in [1.807, 2.05) is 0 Å². The van der Waals surface area contributed by atoms with Crippen LogP contribution in [-0.2, 0) is 9.47 Å². The zero-order chi connectivity index (χ0) is 19.0. The van der Waals surface area contributed by atoms with E-state index in [0.29, 0.717) is 6.61 Å². The van der Waals surface area contributed by atoms with Crippen LogP contribution in [0, 0.1) is 0 Å². The first-order valence-corrected chi connectivity index (χ1v) is 10.6. The minimum atomic E-state index is -1.05. The maximum atomic E-state index is 10.0. The molecule has 0 amide bonds. The summed E-state index contributed by atoms with van der Waals surface area (Å²) in [5, 5.41) is 28.5. The molecule has 0 saturated carbocycles. The highest BCUT2D eigenvalue weighted by atomic mass is 16.6. The van der Waals surface area contributed by atoms with Gasteiger partial charge in [0.05, 0.1) is 13.2 Å². The summed E-state index contributed by atoms with van der Waals surface area (Å²) in [4.78, 5) is 0. The molecule has 0 aromatic heterocycles. The number of aliphatic hydroxyl groups excluding tert-OH is 3. The Morgan fingerprint density at radius 2 is 1.62 bits per heavy atom. The van der Waals surface area contributed by atoms with Gasteiger partial charge in [-0.1, -0.05) is 57.6 Å². The van der Waals surface area contributed by atoms with Crippen LogP contribution in [-0.4, -0.2) is 59.6 Å². The van der Waals surface area contributed by atoms with Crippen molar-refractivity contribution < 1.29 is 24.8 Å².